The second kappa shape index (κ2) is 11.3. The van der Waals surface area contributed by atoms with Crippen LogP contribution >= 0.6 is 11.3 Å². The molecule has 192 valence electrons. The third kappa shape index (κ3) is 6.09. The molecule has 0 aliphatic carbocycles. The van der Waals surface area contributed by atoms with Gasteiger partial charge < -0.3 is 15.0 Å². The Morgan fingerprint density at radius 3 is 2.73 bits per heavy atom. The molecule has 2 aromatic carbocycles. The van der Waals surface area contributed by atoms with E-state index >= 15 is 0 Å². The summed E-state index contributed by atoms with van der Waals surface area (Å²) in [4.78, 5) is 33.6. The number of aromatic nitrogens is 1. The molecule has 2 aliphatic rings. The highest BCUT2D eigenvalue weighted by Crippen LogP contribution is 2.28. The number of nitrogens with one attached hydrogen (secondary N) is 2. The van der Waals surface area contributed by atoms with Gasteiger partial charge in [0.25, 0.3) is 11.8 Å². The first-order valence-electron chi connectivity index (χ1n) is 12.8. The van der Waals surface area contributed by atoms with Gasteiger partial charge in [-0.15, -0.1) is 11.3 Å². The summed E-state index contributed by atoms with van der Waals surface area (Å²) < 4.78 is 5.89. The van der Waals surface area contributed by atoms with Gasteiger partial charge in [0.2, 0.25) is 0 Å². The molecule has 5 rings (SSSR count). The molecule has 0 radical (unpaired) electrons. The van der Waals surface area contributed by atoms with Gasteiger partial charge in [0.15, 0.2) is 5.13 Å². The topological polar surface area (TPSA) is 83.6 Å². The monoisotopic (exact) mass is 516 g/mol. The number of thiazole rings is 1. The average Bonchev–Trinajstić information content (AvgIpc) is 3.33. The molecule has 1 aromatic heterocycles. The summed E-state index contributed by atoms with van der Waals surface area (Å²) in [5.41, 5.74) is 4.03. The molecule has 2 aliphatic heterocycles. The standard InChI is InChI=1S/C29H32N4O3S/c1-3-19-7-12-25(36-18-19)21-8-10-22(11-9-21)27(34)30-16-20-5-4-6-23(15-20)28(35)32-29-31-24-13-14-33(2)17-26(24)37-29/h4-6,8-12,15,19H,3,7,13-14,16-18H2,1-2H3,(H,30,34)(H,31,32,35). The van der Waals surface area contributed by atoms with E-state index in [9.17, 15) is 9.59 Å². The Morgan fingerprint density at radius 1 is 1.14 bits per heavy atom. The summed E-state index contributed by atoms with van der Waals surface area (Å²) in [6.45, 7) is 5.09. The number of fused-ring (bicyclic) bond motifs is 1. The number of amides is 2. The first-order chi connectivity index (χ1) is 18.0. The first-order valence-corrected chi connectivity index (χ1v) is 13.6. The van der Waals surface area contributed by atoms with Crippen molar-refractivity contribution in [2.45, 2.75) is 39.3 Å². The molecule has 0 fully saturated rings. The number of anilines is 1. The molecule has 2 amide bonds. The lowest BCUT2D eigenvalue weighted by molar-refractivity contribution is 0.0950. The van der Waals surface area contributed by atoms with Crippen molar-refractivity contribution in [2.24, 2.45) is 5.92 Å². The molecule has 7 nitrogen and oxygen atoms in total. The second-order valence-corrected chi connectivity index (χ2v) is 10.8. The lowest BCUT2D eigenvalue weighted by Gasteiger charge is -2.22. The van der Waals surface area contributed by atoms with Gasteiger partial charge >= 0.3 is 0 Å². The van der Waals surface area contributed by atoms with Crippen molar-refractivity contribution in [3.63, 3.8) is 0 Å². The van der Waals surface area contributed by atoms with Crippen molar-refractivity contribution in [1.82, 2.24) is 15.2 Å². The number of nitrogens with zero attached hydrogens (tertiary/aromatic N) is 2. The molecular formula is C29H32N4O3S. The van der Waals surface area contributed by atoms with Crippen LogP contribution in [0, 0.1) is 5.92 Å². The van der Waals surface area contributed by atoms with Crippen molar-refractivity contribution in [1.29, 1.82) is 0 Å². The predicted octanol–water partition coefficient (Wildman–Crippen LogP) is 5.10. The van der Waals surface area contributed by atoms with Crippen molar-refractivity contribution < 1.29 is 14.3 Å². The highest BCUT2D eigenvalue weighted by molar-refractivity contribution is 7.15. The molecule has 37 heavy (non-hydrogen) atoms. The Kier molecular flexibility index (Phi) is 7.67. The Morgan fingerprint density at radius 2 is 1.97 bits per heavy atom. The maximum absolute atomic E-state index is 12.8. The number of benzene rings is 2. The molecule has 8 heteroatoms. The minimum Gasteiger partial charge on any atom is -0.493 e. The zero-order chi connectivity index (χ0) is 25.8. The third-order valence-electron chi connectivity index (χ3n) is 6.90. The van der Waals surface area contributed by atoms with Crippen molar-refractivity contribution in [2.75, 3.05) is 25.5 Å². The fraction of sp³-hybridized carbons (Fsp3) is 0.345. The van der Waals surface area contributed by atoms with Crippen LogP contribution < -0.4 is 10.6 Å². The van der Waals surface area contributed by atoms with Gasteiger partial charge in [-0.1, -0.05) is 31.2 Å². The van der Waals surface area contributed by atoms with Crippen LogP contribution in [0.15, 0.2) is 54.6 Å². The number of hydrogen-bond acceptors (Lipinski definition) is 6. The van der Waals surface area contributed by atoms with Crippen molar-refractivity contribution in [3.05, 3.63) is 87.4 Å². The van der Waals surface area contributed by atoms with Gasteiger partial charge in [-0.25, -0.2) is 4.98 Å². The largest absolute Gasteiger partial charge is 0.493 e. The summed E-state index contributed by atoms with van der Waals surface area (Å²) in [6.07, 6.45) is 5.18. The number of allylic oxidation sites excluding steroid dienone is 1. The van der Waals surface area contributed by atoms with E-state index in [2.05, 4.69) is 40.6 Å². The Hall–Kier alpha value is -3.49. The van der Waals surface area contributed by atoms with Crippen LogP contribution in [-0.2, 0) is 24.2 Å². The molecule has 1 unspecified atom stereocenters. The fourth-order valence-corrected chi connectivity index (χ4v) is 5.62. The fourth-order valence-electron chi connectivity index (χ4n) is 4.53. The van der Waals surface area contributed by atoms with E-state index in [0.717, 1.165) is 61.5 Å². The number of ether oxygens (including phenoxy) is 1. The maximum atomic E-state index is 12.8. The highest BCUT2D eigenvalue weighted by atomic mass is 32.1. The van der Waals surface area contributed by atoms with Crippen molar-refractivity contribution >= 4 is 34.0 Å². The summed E-state index contributed by atoms with van der Waals surface area (Å²) in [7, 11) is 2.09. The SMILES string of the molecule is CCC1CC=C(c2ccc(C(=O)NCc3cccc(C(=O)Nc4nc5c(s4)CN(C)CC5)c3)cc2)OC1. The number of rotatable bonds is 7. The smallest absolute Gasteiger partial charge is 0.257 e. The second-order valence-electron chi connectivity index (χ2n) is 9.68. The van der Waals surface area contributed by atoms with E-state index in [-0.39, 0.29) is 11.8 Å². The molecule has 1 atom stereocenters. The zero-order valence-corrected chi connectivity index (χ0v) is 22.1. The van der Waals surface area contributed by atoms with E-state index in [4.69, 9.17) is 4.74 Å². The number of hydrogen-bond donors (Lipinski definition) is 2. The highest BCUT2D eigenvalue weighted by Gasteiger charge is 2.20. The lowest BCUT2D eigenvalue weighted by atomic mass is 9.99. The van der Waals surface area contributed by atoms with Gasteiger partial charge in [-0.05, 0) is 61.7 Å². The van der Waals surface area contributed by atoms with Gasteiger partial charge in [0.1, 0.15) is 5.76 Å². The molecule has 0 bridgehead atoms. The first kappa shape index (κ1) is 25.2. The summed E-state index contributed by atoms with van der Waals surface area (Å²) >= 11 is 1.54. The van der Waals surface area contributed by atoms with E-state index in [1.165, 1.54) is 16.2 Å². The van der Waals surface area contributed by atoms with Crippen LogP contribution in [0.25, 0.3) is 5.76 Å². The molecular weight excluding hydrogens is 484 g/mol. The van der Waals surface area contributed by atoms with Crippen LogP contribution in [0.5, 0.6) is 0 Å². The Bertz CT molecular complexity index is 1310. The van der Waals surface area contributed by atoms with Crippen LogP contribution in [0.1, 0.15) is 62.2 Å². The van der Waals surface area contributed by atoms with Crippen molar-refractivity contribution in [3.8, 4) is 0 Å². The van der Waals surface area contributed by atoms with Gasteiger partial charge in [-0.3, -0.25) is 14.9 Å². The molecule has 0 spiro atoms. The van der Waals surface area contributed by atoms with E-state index in [0.29, 0.717) is 28.7 Å². The van der Waals surface area contributed by atoms with Gasteiger partial charge in [-0.2, -0.15) is 0 Å². The maximum Gasteiger partial charge on any atom is 0.257 e. The molecule has 0 saturated carbocycles. The normalized spacial score (nSPS) is 17.4. The zero-order valence-electron chi connectivity index (χ0n) is 21.3. The molecule has 3 heterocycles. The van der Waals surface area contributed by atoms with Gasteiger partial charge in [0.05, 0.1) is 12.3 Å². The Balaban J connectivity index is 1.16. The van der Waals surface area contributed by atoms with Crippen LogP contribution in [-0.4, -0.2) is 41.9 Å². The number of carbonyl (C=O) groups is 2. The summed E-state index contributed by atoms with van der Waals surface area (Å²) in [5, 5.41) is 6.51. The lowest BCUT2D eigenvalue weighted by Crippen LogP contribution is -2.25. The van der Waals surface area contributed by atoms with E-state index in [1.807, 2.05) is 36.4 Å². The summed E-state index contributed by atoms with van der Waals surface area (Å²) in [5.74, 6) is 1.10. The number of carbonyl (C=O) groups excluding carboxylic acids is 2. The average molecular weight is 517 g/mol. The molecule has 3 aromatic rings. The minimum absolute atomic E-state index is 0.163. The summed E-state index contributed by atoms with van der Waals surface area (Å²) in [6, 6.07) is 14.8. The molecule has 0 saturated heterocycles. The Labute approximate surface area is 221 Å². The van der Waals surface area contributed by atoms with Crippen LogP contribution in [0.2, 0.25) is 0 Å². The van der Waals surface area contributed by atoms with E-state index in [1.54, 1.807) is 12.1 Å². The molecule has 2 N–H and O–H groups in total. The van der Waals surface area contributed by atoms with Crippen LogP contribution in [0.4, 0.5) is 5.13 Å². The van der Waals surface area contributed by atoms with Crippen LogP contribution in [0.3, 0.4) is 0 Å². The predicted molar refractivity (Wildman–Crippen MR) is 146 cm³/mol. The quantitative estimate of drug-likeness (QED) is 0.457. The van der Waals surface area contributed by atoms with E-state index < -0.39 is 0 Å². The minimum atomic E-state index is -0.201. The van der Waals surface area contributed by atoms with Gasteiger partial charge in [0, 0.05) is 47.6 Å². The third-order valence-corrected chi connectivity index (χ3v) is 7.90. The number of likely N-dealkylation sites (N-methyl/N-ethyl adjacent to an activating group) is 1.